The summed E-state index contributed by atoms with van der Waals surface area (Å²) < 4.78 is 2.27. The molecule has 0 amide bonds. The summed E-state index contributed by atoms with van der Waals surface area (Å²) in [5.41, 5.74) is 4.65. The zero-order valence-corrected chi connectivity index (χ0v) is 12.2. The van der Waals surface area contributed by atoms with Gasteiger partial charge in [0, 0.05) is 23.2 Å². The third-order valence-corrected chi connectivity index (χ3v) is 3.55. The number of fused-ring (bicyclic) bond motifs is 1. The molecule has 0 saturated heterocycles. The smallest absolute Gasteiger partial charge is 0.0718 e. The number of aryl methyl sites for hydroxylation is 1. The molecule has 0 aromatic carbocycles. The Morgan fingerprint density at radius 3 is 2.12 bits per heavy atom. The minimum absolute atomic E-state index is 0.146. The first-order valence-corrected chi connectivity index (χ1v) is 6.82. The molecule has 2 heterocycles. The first kappa shape index (κ1) is 12.7. The van der Waals surface area contributed by atoms with Crippen LogP contribution in [0, 0.1) is 0 Å². The average molecular weight is 234 g/mol. The van der Waals surface area contributed by atoms with E-state index in [1.54, 1.807) is 0 Å². The SMILES string of the molecule is CC(C)(C)c1nn2c(c1C(C)(C)C)CCCC2. The maximum Gasteiger partial charge on any atom is 0.0718 e. The van der Waals surface area contributed by atoms with Crippen LogP contribution in [-0.4, -0.2) is 9.78 Å². The molecule has 1 aliphatic heterocycles. The number of hydrogen-bond donors (Lipinski definition) is 0. The molecule has 0 unspecified atom stereocenters. The summed E-state index contributed by atoms with van der Waals surface area (Å²) in [6, 6.07) is 0. The fourth-order valence-electron chi connectivity index (χ4n) is 2.80. The Balaban J connectivity index is 2.64. The van der Waals surface area contributed by atoms with Crippen molar-refractivity contribution in [1.82, 2.24) is 9.78 Å². The van der Waals surface area contributed by atoms with E-state index >= 15 is 0 Å². The van der Waals surface area contributed by atoms with Crippen LogP contribution < -0.4 is 0 Å². The highest BCUT2D eigenvalue weighted by atomic mass is 15.3. The summed E-state index contributed by atoms with van der Waals surface area (Å²) in [5, 5.41) is 4.91. The minimum atomic E-state index is 0.146. The molecule has 0 aliphatic carbocycles. The molecule has 0 bridgehead atoms. The molecule has 2 rings (SSSR count). The van der Waals surface area contributed by atoms with Gasteiger partial charge in [-0.15, -0.1) is 0 Å². The van der Waals surface area contributed by atoms with E-state index in [1.807, 2.05) is 0 Å². The quantitative estimate of drug-likeness (QED) is 0.667. The van der Waals surface area contributed by atoms with Crippen molar-refractivity contribution < 1.29 is 0 Å². The van der Waals surface area contributed by atoms with Crippen LogP contribution in [0.2, 0.25) is 0 Å². The molecule has 0 fully saturated rings. The third-order valence-electron chi connectivity index (χ3n) is 3.55. The second-order valence-corrected chi connectivity index (χ2v) is 7.35. The fourth-order valence-corrected chi connectivity index (χ4v) is 2.80. The monoisotopic (exact) mass is 234 g/mol. The normalized spacial score (nSPS) is 17.1. The maximum atomic E-state index is 4.91. The van der Waals surface area contributed by atoms with Crippen LogP contribution in [0.15, 0.2) is 0 Å². The zero-order valence-electron chi connectivity index (χ0n) is 12.2. The van der Waals surface area contributed by atoms with Gasteiger partial charge in [-0.05, 0) is 24.7 Å². The van der Waals surface area contributed by atoms with Crippen molar-refractivity contribution in [3.05, 3.63) is 17.0 Å². The van der Waals surface area contributed by atoms with Gasteiger partial charge in [0.05, 0.1) is 5.69 Å². The lowest BCUT2D eigenvalue weighted by atomic mass is 9.77. The molecule has 17 heavy (non-hydrogen) atoms. The van der Waals surface area contributed by atoms with Gasteiger partial charge in [0.25, 0.3) is 0 Å². The maximum absolute atomic E-state index is 4.91. The Kier molecular flexibility index (Phi) is 2.87. The second kappa shape index (κ2) is 3.86. The fraction of sp³-hybridized carbons (Fsp3) is 0.800. The largest absolute Gasteiger partial charge is 0.269 e. The van der Waals surface area contributed by atoms with E-state index in [-0.39, 0.29) is 10.8 Å². The number of hydrogen-bond acceptors (Lipinski definition) is 1. The number of rotatable bonds is 0. The summed E-state index contributed by atoms with van der Waals surface area (Å²) >= 11 is 0. The Hall–Kier alpha value is -0.790. The summed E-state index contributed by atoms with van der Waals surface area (Å²) in [4.78, 5) is 0. The summed E-state index contributed by atoms with van der Waals surface area (Å²) in [7, 11) is 0. The van der Waals surface area contributed by atoms with Gasteiger partial charge in [-0.25, -0.2) is 0 Å². The molecule has 1 aromatic rings. The lowest BCUT2D eigenvalue weighted by molar-refractivity contribution is 0.469. The Bertz CT molecular complexity index is 413. The summed E-state index contributed by atoms with van der Waals surface area (Å²) in [5.74, 6) is 0. The minimum Gasteiger partial charge on any atom is -0.269 e. The van der Waals surface area contributed by atoms with Crippen LogP contribution >= 0.6 is 0 Å². The molecule has 0 atom stereocenters. The van der Waals surface area contributed by atoms with E-state index < -0.39 is 0 Å². The highest BCUT2D eigenvalue weighted by Crippen LogP contribution is 2.37. The molecule has 96 valence electrons. The van der Waals surface area contributed by atoms with Crippen LogP contribution in [0.4, 0.5) is 0 Å². The van der Waals surface area contributed by atoms with Gasteiger partial charge < -0.3 is 0 Å². The molecular formula is C15H26N2. The predicted molar refractivity (Wildman–Crippen MR) is 72.6 cm³/mol. The summed E-state index contributed by atoms with van der Waals surface area (Å²) in [6.07, 6.45) is 3.80. The van der Waals surface area contributed by atoms with E-state index in [4.69, 9.17) is 5.10 Å². The predicted octanol–water partition coefficient (Wildman–Crippen LogP) is 3.81. The highest BCUT2D eigenvalue weighted by molar-refractivity contribution is 5.37. The Morgan fingerprint density at radius 1 is 0.941 bits per heavy atom. The summed E-state index contributed by atoms with van der Waals surface area (Å²) in [6.45, 7) is 14.9. The molecule has 0 N–H and O–H groups in total. The number of nitrogens with zero attached hydrogens (tertiary/aromatic N) is 2. The van der Waals surface area contributed by atoms with Gasteiger partial charge in [0.15, 0.2) is 0 Å². The van der Waals surface area contributed by atoms with Crippen molar-refractivity contribution in [3.63, 3.8) is 0 Å². The highest BCUT2D eigenvalue weighted by Gasteiger charge is 2.33. The first-order valence-electron chi connectivity index (χ1n) is 6.82. The Labute approximate surface area is 105 Å². The van der Waals surface area contributed by atoms with Crippen molar-refractivity contribution in [1.29, 1.82) is 0 Å². The van der Waals surface area contributed by atoms with Gasteiger partial charge >= 0.3 is 0 Å². The average Bonchev–Trinajstić information content (AvgIpc) is 2.54. The van der Waals surface area contributed by atoms with Gasteiger partial charge in [-0.3, -0.25) is 4.68 Å². The van der Waals surface area contributed by atoms with Crippen molar-refractivity contribution in [2.24, 2.45) is 0 Å². The van der Waals surface area contributed by atoms with Crippen molar-refractivity contribution >= 4 is 0 Å². The molecular weight excluding hydrogens is 208 g/mol. The lowest BCUT2D eigenvalue weighted by Gasteiger charge is -2.26. The third kappa shape index (κ3) is 2.27. The van der Waals surface area contributed by atoms with Gasteiger partial charge in [-0.2, -0.15) is 5.10 Å². The lowest BCUT2D eigenvalue weighted by Crippen LogP contribution is -2.22. The van der Waals surface area contributed by atoms with Crippen molar-refractivity contribution in [3.8, 4) is 0 Å². The van der Waals surface area contributed by atoms with E-state index in [1.165, 1.54) is 36.2 Å². The van der Waals surface area contributed by atoms with E-state index in [0.717, 1.165) is 6.54 Å². The molecule has 0 spiro atoms. The van der Waals surface area contributed by atoms with Crippen LogP contribution in [-0.2, 0) is 23.8 Å². The molecule has 1 aromatic heterocycles. The molecule has 1 aliphatic rings. The van der Waals surface area contributed by atoms with Crippen LogP contribution in [0.5, 0.6) is 0 Å². The van der Waals surface area contributed by atoms with E-state index in [9.17, 15) is 0 Å². The Morgan fingerprint density at radius 2 is 1.59 bits per heavy atom. The molecule has 0 saturated carbocycles. The molecule has 0 radical (unpaired) electrons. The zero-order chi connectivity index (χ0) is 12.8. The van der Waals surface area contributed by atoms with Crippen molar-refractivity contribution in [2.75, 3.05) is 0 Å². The standard InChI is InChI=1S/C15H26N2/c1-14(2,3)12-11-9-7-8-10-17(11)16-13(12)15(4,5)6/h7-10H2,1-6H3. The van der Waals surface area contributed by atoms with Crippen LogP contribution in [0.25, 0.3) is 0 Å². The van der Waals surface area contributed by atoms with Crippen LogP contribution in [0.3, 0.4) is 0 Å². The van der Waals surface area contributed by atoms with Gasteiger partial charge in [0.1, 0.15) is 0 Å². The van der Waals surface area contributed by atoms with Crippen molar-refractivity contribution in [2.45, 2.75) is 78.2 Å². The molecule has 2 nitrogen and oxygen atoms in total. The van der Waals surface area contributed by atoms with Gasteiger partial charge in [0.2, 0.25) is 0 Å². The van der Waals surface area contributed by atoms with E-state index in [2.05, 4.69) is 46.2 Å². The molecule has 2 heteroatoms. The first-order chi connectivity index (χ1) is 7.71. The topological polar surface area (TPSA) is 17.8 Å². The van der Waals surface area contributed by atoms with E-state index in [0.29, 0.717) is 0 Å². The second-order valence-electron chi connectivity index (χ2n) is 7.35. The van der Waals surface area contributed by atoms with Gasteiger partial charge in [-0.1, -0.05) is 41.5 Å². The van der Waals surface area contributed by atoms with Crippen LogP contribution in [0.1, 0.15) is 71.3 Å². The number of aromatic nitrogens is 2.